The van der Waals surface area contributed by atoms with E-state index in [1.54, 1.807) is 6.92 Å². The molecule has 0 saturated heterocycles. The molecule has 1 aromatic rings. The van der Waals surface area contributed by atoms with Crippen molar-refractivity contribution in [2.75, 3.05) is 5.32 Å². The lowest BCUT2D eigenvalue weighted by atomic mass is 10.0. The topological polar surface area (TPSA) is 84.2 Å². The average molecular weight is 261 g/mol. The molecule has 1 aliphatic heterocycles. The van der Waals surface area contributed by atoms with Crippen LogP contribution < -0.4 is 16.4 Å². The maximum atomic E-state index is 11.7. The number of nitrogens with two attached hydrogens (primary N) is 1. The molecular weight excluding hydrogens is 242 g/mol. The highest BCUT2D eigenvalue weighted by molar-refractivity contribution is 5.99. The lowest BCUT2D eigenvalue weighted by Gasteiger charge is -2.16. The first-order valence-corrected chi connectivity index (χ1v) is 6.43. The summed E-state index contributed by atoms with van der Waals surface area (Å²) >= 11 is 0. The Morgan fingerprint density at radius 3 is 2.89 bits per heavy atom. The van der Waals surface area contributed by atoms with E-state index in [4.69, 9.17) is 5.73 Å². The van der Waals surface area contributed by atoms with Gasteiger partial charge in [-0.25, -0.2) is 0 Å². The van der Waals surface area contributed by atoms with Crippen molar-refractivity contribution in [3.8, 4) is 0 Å². The summed E-state index contributed by atoms with van der Waals surface area (Å²) in [6.45, 7) is 3.72. The van der Waals surface area contributed by atoms with Gasteiger partial charge in [0.2, 0.25) is 11.8 Å². The number of hydrogen-bond acceptors (Lipinski definition) is 3. The van der Waals surface area contributed by atoms with Crippen LogP contribution >= 0.6 is 0 Å². The standard InChI is InChI=1S/C14H19N3O2/c1-8(15)5-13(18)16-9(2)10-3-4-12-11(6-10)7-14(19)17-12/h3-4,6,8-9H,5,7,15H2,1-2H3,(H,16,18)(H,17,19). The second kappa shape index (κ2) is 5.40. The monoisotopic (exact) mass is 261 g/mol. The summed E-state index contributed by atoms with van der Waals surface area (Å²) in [6.07, 6.45) is 0.721. The molecular formula is C14H19N3O2. The van der Waals surface area contributed by atoms with Gasteiger partial charge >= 0.3 is 0 Å². The van der Waals surface area contributed by atoms with E-state index >= 15 is 0 Å². The SMILES string of the molecule is CC(N)CC(=O)NC(C)c1ccc2c(c1)CC(=O)N2. The zero-order valence-electron chi connectivity index (χ0n) is 11.2. The third kappa shape index (κ3) is 3.32. The van der Waals surface area contributed by atoms with Crippen LogP contribution in [0.15, 0.2) is 18.2 Å². The molecule has 0 spiro atoms. The molecule has 1 aromatic carbocycles. The van der Waals surface area contributed by atoms with Crippen molar-refractivity contribution in [1.29, 1.82) is 0 Å². The summed E-state index contributed by atoms with van der Waals surface area (Å²) < 4.78 is 0. The smallest absolute Gasteiger partial charge is 0.228 e. The maximum Gasteiger partial charge on any atom is 0.228 e. The summed E-state index contributed by atoms with van der Waals surface area (Å²) in [5.41, 5.74) is 8.43. The van der Waals surface area contributed by atoms with E-state index < -0.39 is 0 Å². The third-order valence-corrected chi connectivity index (χ3v) is 3.14. The molecule has 0 fully saturated rings. The third-order valence-electron chi connectivity index (χ3n) is 3.14. The van der Waals surface area contributed by atoms with E-state index in [9.17, 15) is 9.59 Å². The van der Waals surface area contributed by atoms with Gasteiger partial charge in [-0.05, 0) is 31.0 Å². The molecule has 102 valence electrons. The molecule has 2 unspecified atom stereocenters. The van der Waals surface area contributed by atoms with E-state index in [2.05, 4.69) is 10.6 Å². The number of amides is 2. The van der Waals surface area contributed by atoms with Gasteiger partial charge in [-0.2, -0.15) is 0 Å². The molecule has 19 heavy (non-hydrogen) atoms. The van der Waals surface area contributed by atoms with Gasteiger partial charge in [0.15, 0.2) is 0 Å². The van der Waals surface area contributed by atoms with E-state index in [0.29, 0.717) is 12.8 Å². The van der Waals surface area contributed by atoms with Gasteiger partial charge in [-0.15, -0.1) is 0 Å². The van der Waals surface area contributed by atoms with Crippen molar-refractivity contribution in [3.05, 3.63) is 29.3 Å². The normalized spacial score (nSPS) is 16.5. The van der Waals surface area contributed by atoms with Gasteiger partial charge in [-0.1, -0.05) is 12.1 Å². The quantitative estimate of drug-likeness (QED) is 0.758. The molecule has 2 amide bonds. The van der Waals surface area contributed by atoms with Crippen LogP contribution in [0, 0.1) is 0 Å². The first-order valence-electron chi connectivity index (χ1n) is 6.43. The highest BCUT2D eigenvalue weighted by Crippen LogP contribution is 2.26. The number of rotatable bonds is 4. The summed E-state index contributed by atoms with van der Waals surface area (Å²) in [7, 11) is 0. The average Bonchev–Trinajstić information content (AvgIpc) is 2.66. The first kappa shape index (κ1) is 13.5. The van der Waals surface area contributed by atoms with Crippen LogP contribution in [0.1, 0.15) is 37.4 Å². The number of carbonyl (C=O) groups excluding carboxylic acids is 2. The lowest BCUT2D eigenvalue weighted by Crippen LogP contribution is -2.31. The number of benzene rings is 1. The summed E-state index contributed by atoms with van der Waals surface area (Å²) in [6, 6.07) is 5.52. The molecule has 2 atom stereocenters. The Morgan fingerprint density at radius 1 is 1.47 bits per heavy atom. The molecule has 1 aliphatic rings. The van der Waals surface area contributed by atoms with Gasteiger partial charge in [0.25, 0.3) is 0 Å². The van der Waals surface area contributed by atoms with Gasteiger partial charge < -0.3 is 16.4 Å². The Labute approximate surface area is 112 Å². The molecule has 1 heterocycles. The van der Waals surface area contributed by atoms with Crippen molar-refractivity contribution < 1.29 is 9.59 Å². The second-order valence-electron chi connectivity index (χ2n) is 5.11. The highest BCUT2D eigenvalue weighted by atomic mass is 16.2. The van der Waals surface area contributed by atoms with Crippen LogP contribution in [0.25, 0.3) is 0 Å². The molecule has 0 saturated carbocycles. The molecule has 2 rings (SSSR count). The molecule has 5 nitrogen and oxygen atoms in total. The molecule has 0 radical (unpaired) electrons. The molecule has 0 bridgehead atoms. The number of anilines is 1. The second-order valence-corrected chi connectivity index (χ2v) is 5.11. The van der Waals surface area contributed by atoms with Gasteiger partial charge in [0, 0.05) is 18.2 Å². The summed E-state index contributed by atoms with van der Waals surface area (Å²) in [5, 5.41) is 5.69. The predicted octanol–water partition coefficient (Wildman–Crippen LogP) is 1.10. The van der Waals surface area contributed by atoms with Crippen LogP contribution in [-0.4, -0.2) is 17.9 Å². The number of carbonyl (C=O) groups is 2. The summed E-state index contributed by atoms with van der Waals surface area (Å²) in [4.78, 5) is 23.0. The lowest BCUT2D eigenvalue weighted by molar-refractivity contribution is -0.122. The van der Waals surface area contributed by atoms with E-state index in [0.717, 1.165) is 16.8 Å². The van der Waals surface area contributed by atoms with Crippen molar-refractivity contribution >= 4 is 17.5 Å². The van der Waals surface area contributed by atoms with Crippen molar-refractivity contribution in [2.45, 2.75) is 38.8 Å². The Kier molecular flexibility index (Phi) is 3.85. The van der Waals surface area contributed by atoms with E-state index in [1.807, 2.05) is 25.1 Å². The largest absolute Gasteiger partial charge is 0.350 e. The van der Waals surface area contributed by atoms with Crippen LogP contribution in [-0.2, 0) is 16.0 Å². The van der Waals surface area contributed by atoms with Gasteiger partial charge in [0.05, 0.1) is 12.5 Å². The van der Waals surface area contributed by atoms with Crippen molar-refractivity contribution in [2.24, 2.45) is 5.73 Å². The fourth-order valence-corrected chi connectivity index (χ4v) is 2.19. The Balaban J connectivity index is 2.04. The zero-order valence-corrected chi connectivity index (χ0v) is 11.2. The van der Waals surface area contributed by atoms with Crippen LogP contribution in [0.4, 0.5) is 5.69 Å². The van der Waals surface area contributed by atoms with Crippen LogP contribution in [0.3, 0.4) is 0 Å². The number of nitrogens with one attached hydrogen (secondary N) is 2. The number of fused-ring (bicyclic) bond motifs is 1. The minimum Gasteiger partial charge on any atom is -0.350 e. The Hall–Kier alpha value is -1.88. The number of hydrogen-bond donors (Lipinski definition) is 3. The molecule has 4 N–H and O–H groups in total. The minimum absolute atomic E-state index is 0.0146. The van der Waals surface area contributed by atoms with Crippen LogP contribution in [0.2, 0.25) is 0 Å². The fourth-order valence-electron chi connectivity index (χ4n) is 2.19. The van der Waals surface area contributed by atoms with E-state index in [1.165, 1.54) is 0 Å². The van der Waals surface area contributed by atoms with Crippen molar-refractivity contribution in [1.82, 2.24) is 5.32 Å². The summed E-state index contributed by atoms with van der Waals surface area (Å²) in [5.74, 6) is -0.0435. The van der Waals surface area contributed by atoms with E-state index in [-0.39, 0.29) is 23.9 Å². The first-order chi connectivity index (χ1) is 8.95. The molecule has 0 aliphatic carbocycles. The minimum atomic E-state index is -0.144. The van der Waals surface area contributed by atoms with Gasteiger partial charge in [0.1, 0.15) is 0 Å². The van der Waals surface area contributed by atoms with Crippen LogP contribution in [0.5, 0.6) is 0 Å². The molecule has 0 aromatic heterocycles. The van der Waals surface area contributed by atoms with Gasteiger partial charge in [-0.3, -0.25) is 9.59 Å². The highest BCUT2D eigenvalue weighted by Gasteiger charge is 2.19. The zero-order chi connectivity index (χ0) is 14.0. The maximum absolute atomic E-state index is 11.7. The predicted molar refractivity (Wildman–Crippen MR) is 73.6 cm³/mol. The Morgan fingerprint density at radius 2 is 2.21 bits per heavy atom. The Bertz CT molecular complexity index is 511. The fraction of sp³-hybridized carbons (Fsp3) is 0.429. The molecule has 5 heteroatoms. The van der Waals surface area contributed by atoms with Crippen molar-refractivity contribution in [3.63, 3.8) is 0 Å².